The Morgan fingerprint density at radius 1 is 0.250 bits per heavy atom. The largest absolute Gasteiger partial charge is 0.300 e. The first kappa shape index (κ1) is 33.7. The van der Waals surface area contributed by atoms with E-state index in [0.29, 0.717) is 0 Å². The van der Waals surface area contributed by atoms with E-state index in [4.69, 9.17) is 0 Å². The van der Waals surface area contributed by atoms with Gasteiger partial charge in [0.1, 0.15) is 0 Å². The summed E-state index contributed by atoms with van der Waals surface area (Å²) in [6.45, 7) is 18.1. The predicted octanol–water partition coefficient (Wildman–Crippen LogP) is 6.16. The van der Waals surface area contributed by atoms with Crippen LogP contribution in [0.5, 0.6) is 0 Å². The Morgan fingerprint density at radius 3 is 0.682 bits per heavy atom. The molecule has 0 aromatic rings. The predicted molar refractivity (Wildman–Crippen MR) is 187 cm³/mol. The highest BCUT2D eigenvalue weighted by Crippen LogP contribution is 2.27. The van der Waals surface area contributed by atoms with Gasteiger partial charge in [-0.15, -0.1) is 0 Å². The summed E-state index contributed by atoms with van der Waals surface area (Å²) in [4.78, 5) is 17.6. The molecule has 0 bridgehead atoms. The standard InChI is InChI=1S/C38H72N6/c1-5-13-35(14-6-1)41-27-23-39(24-28-42(32-31-41)36-15-7-2-8-16-36)21-22-40-25-29-43(37-17-9-3-10-18-37)33-34-44(30-26-40)38-19-11-4-12-20-38/h35-38H,1-34H2. The molecule has 6 nitrogen and oxygen atoms in total. The van der Waals surface area contributed by atoms with Crippen molar-refractivity contribution in [1.29, 1.82) is 0 Å². The van der Waals surface area contributed by atoms with Crippen molar-refractivity contribution in [3.05, 3.63) is 0 Å². The first-order valence-corrected chi connectivity index (χ1v) is 20.2. The molecule has 2 aliphatic heterocycles. The lowest BCUT2D eigenvalue weighted by Crippen LogP contribution is -2.46. The van der Waals surface area contributed by atoms with Gasteiger partial charge >= 0.3 is 0 Å². The Labute approximate surface area is 273 Å². The molecule has 0 radical (unpaired) electrons. The van der Waals surface area contributed by atoms with Gasteiger partial charge in [0, 0.05) is 116 Å². The SMILES string of the molecule is C1CCC(N2CCN(CCN3CCN(C4CCCCC4)CCN(C4CCCCC4)CC3)CCN(C3CCCCC3)CC2)CC1. The molecule has 6 aliphatic rings. The van der Waals surface area contributed by atoms with Crippen LogP contribution in [0.25, 0.3) is 0 Å². The second-order valence-corrected chi connectivity index (χ2v) is 16.0. The second kappa shape index (κ2) is 18.3. The molecule has 0 spiro atoms. The van der Waals surface area contributed by atoms with Crippen LogP contribution >= 0.6 is 0 Å². The minimum absolute atomic E-state index is 0.853. The molecule has 254 valence electrons. The van der Waals surface area contributed by atoms with E-state index in [9.17, 15) is 0 Å². The molecule has 4 saturated carbocycles. The van der Waals surface area contributed by atoms with Crippen molar-refractivity contribution in [1.82, 2.24) is 29.4 Å². The van der Waals surface area contributed by atoms with Crippen LogP contribution in [-0.2, 0) is 0 Å². The summed E-state index contributed by atoms with van der Waals surface area (Å²) in [5, 5.41) is 0. The zero-order chi connectivity index (χ0) is 29.8. The Kier molecular flexibility index (Phi) is 14.0. The van der Waals surface area contributed by atoms with Crippen LogP contribution in [0.4, 0.5) is 0 Å². The number of nitrogens with zero attached hydrogens (tertiary/aromatic N) is 6. The topological polar surface area (TPSA) is 19.4 Å². The molecule has 44 heavy (non-hydrogen) atoms. The van der Waals surface area contributed by atoms with E-state index in [1.54, 1.807) is 0 Å². The van der Waals surface area contributed by atoms with Crippen molar-refractivity contribution in [2.45, 2.75) is 153 Å². The van der Waals surface area contributed by atoms with Crippen LogP contribution in [0.3, 0.4) is 0 Å². The maximum Gasteiger partial charge on any atom is 0.0113 e. The van der Waals surface area contributed by atoms with E-state index in [2.05, 4.69) is 29.4 Å². The van der Waals surface area contributed by atoms with Crippen LogP contribution in [0.15, 0.2) is 0 Å². The summed E-state index contributed by atoms with van der Waals surface area (Å²) < 4.78 is 0. The van der Waals surface area contributed by atoms with Gasteiger partial charge in [0.05, 0.1) is 0 Å². The van der Waals surface area contributed by atoms with Gasteiger partial charge in [0.2, 0.25) is 0 Å². The van der Waals surface area contributed by atoms with Gasteiger partial charge in [0.15, 0.2) is 0 Å². The summed E-state index contributed by atoms with van der Waals surface area (Å²) in [6, 6.07) is 3.41. The molecule has 0 N–H and O–H groups in total. The van der Waals surface area contributed by atoms with Gasteiger partial charge in [-0.3, -0.25) is 29.4 Å². The lowest BCUT2D eigenvalue weighted by atomic mass is 9.93. The van der Waals surface area contributed by atoms with Crippen molar-refractivity contribution in [2.75, 3.05) is 91.6 Å². The molecule has 0 unspecified atom stereocenters. The fraction of sp³-hybridized carbons (Fsp3) is 1.00. The van der Waals surface area contributed by atoms with Crippen molar-refractivity contribution >= 4 is 0 Å². The third-order valence-electron chi connectivity index (χ3n) is 13.3. The third-order valence-corrected chi connectivity index (χ3v) is 13.3. The zero-order valence-corrected chi connectivity index (χ0v) is 29.0. The second-order valence-electron chi connectivity index (χ2n) is 16.0. The minimum Gasteiger partial charge on any atom is -0.300 e. The van der Waals surface area contributed by atoms with Gasteiger partial charge in [-0.2, -0.15) is 0 Å². The van der Waals surface area contributed by atoms with Crippen LogP contribution < -0.4 is 0 Å². The Balaban J connectivity index is 1.08. The summed E-state index contributed by atoms with van der Waals surface area (Å²) in [7, 11) is 0. The van der Waals surface area contributed by atoms with E-state index >= 15 is 0 Å². The highest BCUT2D eigenvalue weighted by molar-refractivity contribution is 4.86. The molecule has 2 heterocycles. The minimum atomic E-state index is 0.853. The molecular formula is C38H72N6. The summed E-state index contributed by atoms with van der Waals surface area (Å²) >= 11 is 0. The molecule has 2 saturated heterocycles. The molecule has 6 rings (SSSR count). The molecule has 0 aromatic heterocycles. The third kappa shape index (κ3) is 10.1. The van der Waals surface area contributed by atoms with E-state index in [-0.39, 0.29) is 0 Å². The van der Waals surface area contributed by atoms with Crippen LogP contribution in [-0.4, -0.2) is 145 Å². The first-order valence-electron chi connectivity index (χ1n) is 20.2. The summed E-state index contributed by atoms with van der Waals surface area (Å²) in [5.41, 5.74) is 0. The summed E-state index contributed by atoms with van der Waals surface area (Å²) in [5.74, 6) is 0. The fourth-order valence-corrected chi connectivity index (χ4v) is 10.2. The Bertz CT molecular complexity index is 645. The molecular weight excluding hydrogens is 540 g/mol. The van der Waals surface area contributed by atoms with Crippen molar-refractivity contribution < 1.29 is 0 Å². The van der Waals surface area contributed by atoms with Crippen molar-refractivity contribution in [3.63, 3.8) is 0 Å². The van der Waals surface area contributed by atoms with E-state index < -0.39 is 0 Å². The van der Waals surface area contributed by atoms with Crippen LogP contribution in [0, 0.1) is 0 Å². The Morgan fingerprint density at radius 2 is 0.455 bits per heavy atom. The summed E-state index contributed by atoms with van der Waals surface area (Å²) in [6.07, 6.45) is 29.2. The molecule has 4 aliphatic carbocycles. The average molecular weight is 613 g/mol. The smallest absolute Gasteiger partial charge is 0.0113 e. The maximum atomic E-state index is 2.96. The van der Waals surface area contributed by atoms with Gasteiger partial charge in [-0.1, -0.05) is 77.0 Å². The normalized spacial score (nSPS) is 30.3. The number of rotatable bonds is 7. The molecule has 0 amide bonds. The van der Waals surface area contributed by atoms with Crippen molar-refractivity contribution in [2.24, 2.45) is 0 Å². The lowest BCUT2D eigenvalue weighted by Gasteiger charge is -2.37. The van der Waals surface area contributed by atoms with Crippen LogP contribution in [0.2, 0.25) is 0 Å². The van der Waals surface area contributed by atoms with Crippen LogP contribution in [0.1, 0.15) is 128 Å². The van der Waals surface area contributed by atoms with Crippen molar-refractivity contribution in [3.8, 4) is 0 Å². The monoisotopic (exact) mass is 613 g/mol. The van der Waals surface area contributed by atoms with Gasteiger partial charge in [-0.25, -0.2) is 0 Å². The van der Waals surface area contributed by atoms with Gasteiger partial charge in [0.25, 0.3) is 0 Å². The highest BCUT2D eigenvalue weighted by Gasteiger charge is 2.29. The highest BCUT2D eigenvalue weighted by atomic mass is 15.3. The maximum absolute atomic E-state index is 2.96. The van der Waals surface area contributed by atoms with E-state index in [0.717, 1.165) is 24.2 Å². The molecule has 0 aromatic carbocycles. The fourth-order valence-electron chi connectivity index (χ4n) is 10.2. The zero-order valence-electron chi connectivity index (χ0n) is 29.0. The molecule has 6 heteroatoms. The van der Waals surface area contributed by atoms with Gasteiger partial charge in [-0.05, 0) is 51.4 Å². The van der Waals surface area contributed by atoms with E-state index in [1.165, 1.54) is 220 Å². The lowest BCUT2D eigenvalue weighted by molar-refractivity contribution is 0.112. The molecule has 0 atom stereocenters. The van der Waals surface area contributed by atoms with Gasteiger partial charge < -0.3 is 0 Å². The number of hydrogen-bond donors (Lipinski definition) is 0. The first-order chi connectivity index (χ1) is 21.8. The average Bonchev–Trinajstić information content (AvgIpc) is 3.27. The van der Waals surface area contributed by atoms with E-state index in [1.807, 2.05) is 0 Å². The molecule has 6 fully saturated rings. The Hall–Kier alpha value is -0.240. The quantitative estimate of drug-likeness (QED) is 0.341. The number of hydrogen-bond acceptors (Lipinski definition) is 6.